The minimum atomic E-state index is -0.814. The Bertz CT molecular complexity index is 372. The third-order valence-corrected chi connectivity index (χ3v) is 4.76. The van der Waals surface area contributed by atoms with Crippen LogP contribution in [-0.4, -0.2) is 34.9 Å². The first-order valence-electron chi connectivity index (χ1n) is 8.10. The van der Waals surface area contributed by atoms with E-state index in [0.717, 1.165) is 32.1 Å². The fourth-order valence-electron chi connectivity index (χ4n) is 3.39. The number of rotatable bonds is 5. The number of amidine groups is 1. The van der Waals surface area contributed by atoms with Gasteiger partial charge in [0, 0.05) is 13.1 Å². The second kappa shape index (κ2) is 7.66. The molecule has 0 aliphatic heterocycles. The summed E-state index contributed by atoms with van der Waals surface area (Å²) in [6, 6.07) is 0.157. The molecule has 1 aliphatic carbocycles. The molecule has 1 amide bonds. The van der Waals surface area contributed by atoms with Gasteiger partial charge in [-0.1, -0.05) is 44.7 Å². The van der Waals surface area contributed by atoms with Crippen molar-refractivity contribution in [3.8, 4) is 0 Å². The van der Waals surface area contributed by atoms with Crippen molar-refractivity contribution >= 4 is 11.7 Å². The van der Waals surface area contributed by atoms with E-state index in [0.29, 0.717) is 18.8 Å². The van der Waals surface area contributed by atoms with Crippen LogP contribution in [0.15, 0.2) is 5.16 Å². The zero-order chi connectivity index (χ0) is 16.0. The van der Waals surface area contributed by atoms with Crippen molar-refractivity contribution < 1.29 is 10.0 Å². The Hall–Kier alpha value is -1.26. The maximum Gasteiger partial charge on any atom is 0.236 e. The molecule has 1 fully saturated rings. The average Bonchev–Trinajstić information content (AvgIpc) is 2.70. The van der Waals surface area contributed by atoms with Crippen LogP contribution in [0.4, 0.5) is 0 Å². The van der Waals surface area contributed by atoms with Crippen molar-refractivity contribution in [3.63, 3.8) is 0 Å². The van der Waals surface area contributed by atoms with Crippen LogP contribution in [0, 0.1) is 11.3 Å². The number of hydrogen-bond acceptors (Lipinski definition) is 3. The molecule has 3 N–H and O–H groups in total. The fraction of sp³-hybridized carbons (Fsp3) is 0.875. The van der Waals surface area contributed by atoms with Gasteiger partial charge in [-0.25, -0.2) is 0 Å². The van der Waals surface area contributed by atoms with Crippen LogP contribution in [0.2, 0.25) is 0 Å². The summed E-state index contributed by atoms with van der Waals surface area (Å²) in [5.41, 5.74) is 5.13. The maximum atomic E-state index is 13.1. The highest BCUT2D eigenvalue weighted by atomic mass is 16.4. The normalized spacial score (nSPS) is 20.9. The van der Waals surface area contributed by atoms with Crippen LogP contribution in [0.1, 0.15) is 65.7 Å². The summed E-state index contributed by atoms with van der Waals surface area (Å²) in [7, 11) is 1.84. The van der Waals surface area contributed by atoms with Crippen molar-refractivity contribution in [2.24, 2.45) is 22.2 Å². The minimum Gasteiger partial charge on any atom is -0.409 e. The zero-order valence-corrected chi connectivity index (χ0v) is 13.9. The topological polar surface area (TPSA) is 78.9 Å². The third-order valence-electron chi connectivity index (χ3n) is 4.76. The first kappa shape index (κ1) is 17.8. The van der Waals surface area contributed by atoms with Crippen LogP contribution in [0.3, 0.4) is 0 Å². The van der Waals surface area contributed by atoms with Gasteiger partial charge < -0.3 is 15.8 Å². The van der Waals surface area contributed by atoms with Gasteiger partial charge >= 0.3 is 0 Å². The lowest BCUT2D eigenvalue weighted by atomic mass is 9.77. The molecule has 1 saturated carbocycles. The standard InChI is InChI=1S/C16H31N3O2/c1-12(2)11-13(3)19(4)15(20)16(14(17)18-21)9-7-5-6-8-10-16/h12-13,21H,5-11H2,1-4H3,(H2,17,18). The number of carbonyl (C=O) groups excluding carboxylic acids is 1. The lowest BCUT2D eigenvalue weighted by Crippen LogP contribution is -2.52. The highest BCUT2D eigenvalue weighted by Gasteiger charge is 2.45. The number of nitrogens with two attached hydrogens (primary N) is 1. The van der Waals surface area contributed by atoms with E-state index in [1.54, 1.807) is 4.90 Å². The Balaban J connectivity index is 2.99. The molecule has 0 aromatic carbocycles. The molecule has 0 aromatic heterocycles. The molecule has 1 rings (SSSR count). The molecule has 0 heterocycles. The van der Waals surface area contributed by atoms with Gasteiger partial charge in [-0.05, 0) is 32.1 Å². The Morgan fingerprint density at radius 2 is 1.76 bits per heavy atom. The molecule has 1 aliphatic rings. The summed E-state index contributed by atoms with van der Waals surface area (Å²) in [5, 5.41) is 12.3. The molecule has 1 unspecified atom stereocenters. The Labute approximate surface area is 128 Å². The minimum absolute atomic E-state index is 0.00727. The average molecular weight is 297 g/mol. The van der Waals surface area contributed by atoms with Crippen LogP contribution < -0.4 is 5.73 Å². The van der Waals surface area contributed by atoms with E-state index in [2.05, 4.69) is 25.9 Å². The number of carbonyl (C=O) groups is 1. The van der Waals surface area contributed by atoms with Gasteiger partial charge in [0.05, 0.1) is 0 Å². The Morgan fingerprint density at radius 3 is 2.19 bits per heavy atom. The maximum absolute atomic E-state index is 13.1. The van der Waals surface area contributed by atoms with Gasteiger partial charge in [0.25, 0.3) is 0 Å². The van der Waals surface area contributed by atoms with Gasteiger partial charge in [0.15, 0.2) is 5.84 Å². The van der Waals surface area contributed by atoms with Crippen LogP contribution in [0.5, 0.6) is 0 Å². The van der Waals surface area contributed by atoms with Crippen LogP contribution in [-0.2, 0) is 4.79 Å². The predicted octanol–water partition coefficient (Wildman–Crippen LogP) is 2.97. The SMILES string of the molecule is CC(C)CC(C)N(C)C(=O)C1(C(N)=NO)CCCCCC1. The fourth-order valence-corrected chi connectivity index (χ4v) is 3.39. The van der Waals surface area contributed by atoms with E-state index < -0.39 is 5.41 Å². The Morgan fingerprint density at radius 1 is 1.24 bits per heavy atom. The number of nitrogens with zero attached hydrogens (tertiary/aromatic N) is 2. The largest absolute Gasteiger partial charge is 0.409 e. The molecule has 122 valence electrons. The Kier molecular flexibility index (Phi) is 6.49. The number of oxime groups is 1. The first-order valence-corrected chi connectivity index (χ1v) is 8.10. The zero-order valence-electron chi connectivity index (χ0n) is 13.9. The molecule has 5 nitrogen and oxygen atoms in total. The van der Waals surface area contributed by atoms with E-state index in [1.165, 1.54) is 0 Å². The van der Waals surface area contributed by atoms with Crippen molar-refractivity contribution in [1.29, 1.82) is 0 Å². The van der Waals surface area contributed by atoms with Crippen molar-refractivity contribution in [2.75, 3.05) is 7.05 Å². The van der Waals surface area contributed by atoms with E-state index in [1.807, 2.05) is 7.05 Å². The summed E-state index contributed by atoms with van der Waals surface area (Å²) >= 11 is 0. The smallest absolute Gasteiger partial charge is 0.236 e. The molecule has 0 aromatic rings. The lowest BCUT2D eigenvalue weighted by molar-refractivity contribution is -0.140. The van der Waals surface area contributed by atoms with Gasteiger partial charge in [-0.15, -0.1) is 0 Å². The molecular weight excluding hydrogens is 266 g/mol. The van der Waals surface area contributed by atoms with Crippen LogP contribution >= 0.6 is 0 Å². The van der Waals surface area contributed by atoms with Gasteiger partial charge in [0.2, 0.25) is 5.91 Å². The van der Waals surface area contributed by atoms with E-state index in [-0.39, 0.29) is 17.8 Å². The van der Waals surface area contributed by atoms with Crippen molar-refractivity contribution in [2.45, 2.75) is 71.8 Å². The van der Waals surface area contributed by atoms with E-state index >= 15 is 0 Å². The number of amides is 1. The first-order chi connectivity index (χ1) is 9.85. The van der Waals surface area contributed by atoms with E-state index in [4.69, 9.17) is 10.9 Å². The van der Waals surface area contributed by atoms with Gasteiger partial charge in [-0.2, -0.15) is 0 Å². The molecule has 0 saturated heterocycles. The summed E-state index contributed by atoms with van der Waals surface area (Å²) in [6.45, 7) is 6.37. The molecular formula is C16H31N3O2. The summed E-state index contributed by atoms with van der Waals surface area (Å²) < 4.78 is 0. The summed E-state index contributed by atoms with van der Waals surface area (Å²) in [6.07, 6.45) is 6.44. The van der Waals surface area contributed by atoms with Gasteiger partial charge in [0.1, 0.15) is 5.41 Å². The lowest BCUT2D eigenvalue weighted by Gasteiger charge is -2.37. The molecule has 5 heteroatoms. The highest BCUT2D eigenvalue weighted by Crippen LogP contribution is 2.37. The third kappa shape index (κ3) is 4.11. The van der Waals surface area contributed by atoms with Crippen molar-refractivity contribution in [1.82, 2.24) is 4.90 Å². The second-order valence-corrected chi connectivity index (χ2v) is 6.88. The van der Waals surface area contributed by atoms with E-state index in [9.17, 15) is 4.79 Å². The molecule has 1 atom stereocenters. The van der Waals surface area contributed by atoms with Crippen LogP contribution in [0.25, 0.3) is 0 Å². The molecule has 0 radical (unpaired) electrons. The quantitative estimate of drug-likeness (QED) is 0.269. The molecule has 0 spiro atoms. The molecule has 21 heavy (non-hydrogen) atoms. The van der Waals surface area contributed by atoms with Crippen molar-refractivity contribution in [3.05, 3.63) is 0 Å². The van der Waals surface area contributed by atoms with Gasteiger partial charge in [-0.3, -0.25) is 4.79 Å². The molecule has 0 bridgehead atoms. The summed E-state index contributed by atoms with van der Waals surface area (Å²) in [4.78, 5) is 14.8. The highest BCUT2D eigenvalue weighted by molar-refractivity contribution is 6.06. The second-order valence-electron chi connectivity index (χ2n) is 6.88. The summed E-state index contributed by atoms with van der Waals surface area (Å²) in [5.74, 6) is 0.620. The number of hydrogen-bond donors (Lipinski definition) is 2. The monoisotopic (exact) mass is 297 g/mol. The predicted molar refractivity (Wildman–Crippen MR) is 85.2 cm³/mol.